The summed E-state index contributed by atoms with van der Waals surface area (Å²) in [5.41, 5.74) is 6.90. The fraction of sp³-hybridized carbons (Fsp3) is 0.235. The van der Waals surface area contributed by atoms with E-state index in [1.165, 1.54) is 7.11 Å². The van der Waals surface area contributed by atoms with Gasteiger partial charge >= 0.3 is 0 Å². The molecule has 0 bridgehead atoms. The molecule has 0 unspecified atom stereocenters. The SMILES string of the molecule is CO[C@@H](C(=O)N[C@H](Cc1cccnc1Br)C(N)=O)c1ccccc1. The third-order valence-electron chi connectivity index (χ3n) is 3.50. The summed E-state index contributed by atoms with van der Waals surface area (Å²) in [6.07, 6.45) is 1.05. The van der Waals surface area contributed by atoms with Crippen LogP contribution in [0.5, 0.6) is 0 Å². The molecular weight excluding hydrogens is 374 g/mol. The summed E-state index contributed by atoms with van der Waals surface area (Å²) >= 11 is 3.32. The van der Waals surface area contributed by atoms with Gasteiger partial charge in [0.05, 0.1) is 0 Å². The van der Waals surface area contributed by atoms with Crippen LogP contribution in [0.2, 0.25) is 0 Å². The van der Waals surface area contributed by atoms with Crippen molar-refractivity contribution in [3.8, 4) is 0 Å². The third kappa shape index (κ3) is 4.62. The maximum atomic E-state index is 12.5. The summed E-state index contributed by atoms with van der Waals surface area (Å²) in [6.45, 7) is 0. The number of hydrogen-bond acceptors (Lipinski definition) is 4. The van der Waals surface area contributed by atoms with Crippen molar-refractivity contribution in [3.05, 3.63) is 64.4 Å². The number of methoxy groups -OCH3 is 1. The zero-order valence-corrected chi connectivity index (χ0v) is 14.7. The van der Waals surface area contributed by atoms with Gasteiger partial charge < -0.3 is 15.8 Å². The Bertz CT molecular complexity index is 709. The van der Waals surface area contributed by atoms with Gasteiger partial charge in [-0.25, -0.2) is 4.98 Å². The molecule has 0 saturated carbocycles. The number of nitrogens with zero attached hydrogens (tertiary/aromatic N) is 1. The highest BCUT2D eigenvalue weighted by molar-refractivity contribution is 9.10. The van der Waals surface area contributed by atoms with Crippen molar-refractivity contribution in [2.75, 3.05) is 7.11 Å². The Kier molecular flexibility index (Phi) is 6.45. The largest absolute Gasteiger partial charge is 0.368 e. The first-order valence-corrected chi connectivity index (χ1v) is 8.09. The normalized spacial score (nSPS) is 13.1. The number of primary amides is 1. The Morgan fingerprint density at radius 2 is 1.96 bits per heavy atom. The Morgan fingerprint density at radius 1 is 1.25 bits per heavy atom. The van der Waals surface area contributed by atoms with Crippen LogP contribution in [0.15, 0.2) is 53.3 Å². The zero-order valence-electron chi connectivity index (χ0n) is 13.1. The van der Waals surface area contributed by atoms with Crippen molar-refractivity contribution in [2.45, 2.75) is 18.6 Å². The van der Waals surface area contributed by atoms with Gasteiger partial charge in [0.2, 0.25) is 5.91 Å². The average molecular weight is 392 g/mol. The number of hydrogen-bond donors (Lipinski definition) is 2. The van der Waals surface area contributed by atoms with Gasteiger partial charge in [-0.2, -0.15) is 0 Å². The van der Waals surface area contributed by atoms with E-state index in [-0.39, 0.29) is 6.42 Å². The van der Waals surface area contributed by atoms with Gasteiger partial charge in [-0.3, -0.25) is 9.59 Å². The lowest BCUT2D eigenvalue weighted by Gasteiger charge is -2.20. The molecule has 7 heteroatoms. The molecule has 6 nitrogen and oxygen atoms in total. The number of nitrogens with one attached hydrogen (secondary N) is 1. The lowest BCUT2D eigenvalue weighted by Crippen LogP contribution is -2.47. The number of benzene rings is 1. The first kappa shape index (κ1) is 18.1. The van der Waals surface area contributed by atoms with E-state index in [2.05, 4.69) is 26.2 Å². The molecule has 3 N–H and O–H groups in total. The predicted molar refractivity (Wildman–Crippen MR) is 93.0 cm³/mol. The highest BCUT2D eigenvalue weighted by atomic mass is 79.9. The summed E-state index contributed by atoms with van der Waals surface area (Å²) in [5.74, 6) is -1.05. The molecule has 0 aliphatic rings. The van der Waals surface area contributed by atoms with Crippen LogP contribution in [0.1, 0.15) is 17.2 Å². The minimum Gasteiger partial charge on any atom is -0.368 e. The van der Waals surface area contributed by atoms with E-state index in [1.807, 2.05) is 24.3 Å². The Hall–Kier alpha value is -2.25. The number of carbonyl (C=O) groups is 2. The van der Waals surface area contributed by atoms with E-state index in [9.17, 15) is 9.59 Å². The first-order valence-electron chi connectivity index (χ1n) is 7.29. The second kappa shape index (κ2) is 8.56. The topological polar surface area (TPSA) is 94.3 Å². The number of aromatic nitrogens is 1. The molecule has 2 atom stereocenters. The van der Waals surface area contributed by atoms with E-state index in [4.69, 9.17) is 10.5 Å². The molecule has 0 aliphatic heterocycles. The third-order valence-corrected chi connectivity index (χ3v) is 4.21. The molecule has 2 amide bonds. The van der Waals surface area contributed by atoms with E-state index >= 15 is 0 Å². The zero-order chi connectivity index (χ0) is 17.5. The van der Waals surface area contributed by atoms with Gasteiger partial charge in [0, 0.05) is 19.7 Å². The molecule has 0 spiro atoms. The van der Waals surface area contributed by atoms with Crippen molar-refractivity contribution in [1.29, 1.82) is 0 Å². The van der Waals surface area contributed by atoms with Crippen LogP contribution in [-0.2, 0) is 20.7 Å². The maximum Gasteiger partial charge on any atom is 0.254 e. The van der Waals surface area contributed by atoms with Crippen molar-refractivity contribution in [3.63, 3.8) is 0 Å². The quantitative estimate of drug-likeness (QED) is 0.702. The van der Waals surface area contributed by atoms with Crippen LogP contribution in [-0.4, -0.2) is 29.9 Å². The molecule has 2 aromatic rings. The minimum atomic E-state index is -0.862. The molecule has 0 saturated heterocycles. The highest BCUT2D eigenvalue weighted by Crippen LogP contribution is 2.18. The van der Waals surface area contributed by atoms with E-state index in [1.54, 1.807) is 24.4 Å². The second-order valence-electron chi connectivity index (χ2n) is 5.15. The van der Waals surface area contributed by atoms with Gasteiger partial charge in [0.25, 0.3) is 5.91 Å². The van der Waals surface area contributed by atoms with Crippen molar-refractivity contribution < 1.29 is 14.3 Å². The maximum absolute atomic E-state index is 12.5. The van der Waals surface area contributed by atoms with Crippen molar-refractivity contribution in [2.24, 2.45) is 5.73 Å². The number of ether oxygens (including phenoxy) is 1. The number of amides is 2. The first-order chi connectivity index (χ1) is 11.5. The number of nitrogens with two attached hydrogens (primary N) is 1. The molecule has 1 heterocycles. The number of halogens is 1. The smallest absolute Gasteiger partial charge is 0.254 e. The van der Waals surface area contributed by atoms with Crippen LogP contribution in [0.25, 0.3) is 0 Å². The molecule has 0 aliphatic carbocycles. The molecule has 24 heavy (non-hydrogen) atoms. The second-order valence-corrected chi connectivity index (χ2v) is 5.90. The van der Waals surface area contributed by atoms with Crippen LogP contribution in [0.4, 0.5) is 0 Å². The Morgan fingerprint density at radius 3 is 2.54 bits per heavy atom. The molecule has 2 rings (SSSR count). The molecule has 1 aromatic carbocycles. The highest BCUT2D eigenvalue weighted by Gasteiger charge is 2.26. The monoisotopic (exact) mass is 391 g/mol. The van der Waals surface area contributed by atoms with E-state index in [0.29, 0.717) is 10.2 Å². The lowest BCUT2D eigenvalue weighted by atomic mass is 10.1. The van der Waals surface area contributed by atoms with Gasteiger partial charge in [-0.15, -0.1) is 0 Å². The van der Waals surface area contributed by atoms with E-state index in [0.717, 1.165) is 5.56 Å². The van der Waals surface area contributed by atoms with Gasteiger partial charge in [-0.05, 0) is 33.1 Å². The minimum absolute atomic E-state index is 0.237. The Balaban J connectivity index is 2.13. The number of carbonyl (C=O) groups excluding carboxylic acids is 2. The lowest BCUT2D eigenvalue weighted by molar-refractivity contribution is -0.134. The fourth-order valence-corrected chi connectivity index (χ4v) is 2.70. The molecule has 126 valence electrons. The van der Waals surface area contributed by atoms with Crippen LogP contribution in [0, 0.1) is 0 Å². The predicted octanol–water partition coefficient (Wildman–Crippen LogP) is 1.74. The number of pyridine rings is 1. The average Bonchev–Trinajstić information content (AvgIpc) is 2.57. The summed E-state index contributed by atoms with van der Waals surface area (Å²) < 4.78 is 5.88. The van der Waals surface area contributed by atoms with E-state index < -0.39 is 24.0 Å². The number of rotatable bonds is 7. The summed E-state index contributed by atoms with van der Waals surface area (Å²) in [5, 5.41) is 2.65. The molecular formula is C17H18BrN3O3. The summed E-state index contributed by atoms with van der Waals surface area (Å²) in [7, 11) is 1.44. The molecule has 0 radical (unpaired) electrons. The fourth-order valence-electron chi connectivity index (χ4n) is 2.28. The van der Waals surface area contributed by atoms with Crippen LogP contribution < -0.4 is 11.1 Å². The van der Waals surface area contributed by atoms with Crippen LogP contribution >= 0.6 is 15.9 Å². The molecule has 1 aromatic heterocycles. The molecule has 0 fully saturated rings. The van der Waals surface area contributed by atoms with Crippen molar-refractivity contribution in [1.82, 2.24) is 10.3 Å². The standard InChI is InChI=1S/C17H18BrN3O3/c1-24-14(11-6-3-2-4-7-11)17(23)21-13(16(19)22)10-12-8-5-9-20-15(12)18/h2-9,13-14H,10H2,1H3,(H2,19,22)(H,21,23)/t13-,14-/m1/s1. The summed E-state index contributed by atoms with van der Waals surface area (Å²) in [4.78, 5) is 28.3. The van der Waals surface area contributed by atoms with Gasteiger partial charge in [0.15, 0.2) is 6.10 Å². The summed E-state index contributed by atoms with van der Waals surface area (Å²) in [6, 6.07) is 11.7. The van der Waals surface area contributed by atoms with Gasteiger partial charge in [0.1, 0.15) is 10.6 Å². The van der Waals surface area contributed by atoms with Crippen molar-refractivity contribution >= 4 is 27.7 Å². The van der Waals surface area contributed by atoms with Crippen LogP contribution in [0.3, 0.4) is 0 Å². The van der Waals surface area contributed by atoms with Gasteiger partial charge in [-0.1, -0.05) is 36.4 Å². The Labute approximate surface area is 148 Å².